The highest BCUT2D eigenvalue weighted by Gasteiger charge is 2.26. The van der Waals surface area contributed by atoms with Crippen molar-refractivity contribution in [3.63, 3.8) is 0 Å². The summed E-state index contributed by atoms with van der Waals surface area (Å²) >= 11 is 3.65. The van der Waals surface area contributed by atoms with Crippen LogP contribution in [0.3, 0.4) is 0 Å². The van der Waals surface area contributed by atoms with Crippen molar-refractivity contribution in [2.24, 2.45) is 0 Å². The van der Waals surface area contributed by atoms with E-state index in [4.69, 9.17) is 9.72 Å². The van der Waals surface area contributed by atoms with Crippen molar-refractivity contribution < 1.29 is 4.74 Å². The van der Waals surface area contributed by atoms with Crippen LogP contribution < -0.4 is 4.90 Å². The molecule has 1 fully saturated rings. The van der Waals surface area contributed by atoms with Crippen LogP contribution in [0.5, 0.6) is 0 Å². The van der Waals surface area contributed by atoms with Gasteiger partial charge in [0.15, 0.2) is 0 Å². The van der Waals surface area contributed by atoms with Crippen LogP contribution in [0.25, 0.3) is 5.95 Å². The molecule has 124 valence electrons. The fraction of sp³-hybridized carbons (Fsp3) is 0.562. The molecule has 0 N–H and O–H groups in total. The highest BCUT2D eigenvalue weighted by molar-refractivity contribution is 9.10. The van der Waals surface area contributed by atoms with Gasteiger partial charge in [0, 0.05) is 18.8 Å². The first kappa shape index (κ1) is 16.4. The predicted octanol–water partition coefficient (Wildman–Crippen LogP) is 2.96. The number of aromatic nitrogens is 4. The topological polar surface area (TPSA) is 56.1 Å². The van der Waals surface area contributed by atoms with Gasteiger partial charge in [-0.25, -0.2) is 9.67 Å². The Labute approximate surface area is 145 Å². The van der Waals surface area contributed by atoms with Gasteiger partial charge in [-0.1, -0.05) is 0 Å². The second kappa shape index (κ2) is 6.20. The lowest BCUT2D eigenvalue weighted by Crippen LogP contribution is -2.46. The highest BCUT2D eigenvalue weighted by Crippen LogP contribution is 2.29. The Bertz CT molecular complexity index is 720. The second-order valence-corrected chi connectivity index (χ2v) is 7.04. The smallest absolute Gasteiger partial charge is 0.253 e. The molecule has 0 unspecified atom stereocenters. The van der Waals surface area contributed by atoms with E-state index in [0.717, 1.165) is 40.5 Å². The molecular formula is C16H22BrN5O. The predicted molar refractivity (Wildman–Crippen MR) is 93.3 cm³/mol. The molecule has 0 spiro atoms. The standard InChI is InChI=1S/C16H22BrN5O/c1-9-6-10(2)22(20-9)16-18-13(5)14(17)15(19-16)21-7-11(3)23-12(4)8-21/h6,11-12H,7-8H2,1-5H3/t11-,12+. The molecule has 2 atom stereocenters. The van der Waals surface area contributed by atoms with Gasteiger partial charge in [0.05, 0.1) is 28.1 Å². The van der Waals surface area contributed by atoms with Gasteiger partial charge in [0.25, 0.3) is 5.95 Å². The maximum Gasteiger partial charge on any atom is 0.253 e. The van der Waals surface area contributed by atoms with Crippen LogP contribution in [0.2, 0.25) is 0 Å². The Kier molecular flexibility index (Phi) is 4.42. The number of nitrogens with zero attached hydrogens (tertiary/aromatic N) is 5. The Balaban J connectivity index is 2.05. The molecule has 2 aromatic heterocycles. The Morgan fingerprint density at radius 3 is 2.35 bits per heavy atom. The van der Waals surface area contributed by atoms with Crippen molar-refractivity contribution in [1.29, 1.82) is 0 Å². The molecule has 0 bridgehead atoms. The number of halogens is 1. The number of hydrogen-bond donors (Lipinski definition) is 0. The zero-order chi connectivity index (χ0) is 16.7. The average molecular weight is 380 g/mol. The first-order valence-electron chi connectivity index (χ1n) is 7.83. The maximum absolute atomic E-state index is 5.83. The van der Waals surface area contributed by atoms with Crippen molar-refractivity contribution in [3.05, 3.63) is 27.6 Å². The van der Waals surface area contributed by atoms with E-state index in [-0.39, 0.29) is 12.2 Å². The fourth-order valence-electron chi connectivity index (χ4n) is 3.02. The van der Waals surface area contributed by atoms with Crippen molar-refractivity contribution in [2.75, 3.05) is 18.0 Å². The lowest BCUT2D eigenvalue weighted by Gasteiger charge is -2.36. The first-order chi connectivity index (χ1) is 10.8. The van der Waals surface area contributed by atoms with Gasteiger partial charge in [-0.15, -0.1) is 0 Å². The molecule has 0 saturated carbocycles. The lowest BCUT2D eigenvalue weighted by molar-refractivity contribution is -0.00551. The average Bonchev–Trinajstić information content (AvgIpc) is 2.79. The van der Waals surface area contributed by atoms with Gasteiger partial charge in [-0.3, -0.25) is 0 Å². The van der Waals surface area contributed by atoms with E-state index in [1.807, 2.05) is 26.8 Å². The van der Waals surface area contributed by atoms with E-state index >= 15 is 0 Å². The lowest BCUT2D eigenvalue weighted by atomic mass is 10.2. The second-order valence-electron chi connectivity index (χ2n) is 6.25. The summed E-state index contributed by atoms with van der Waals surface area (Å²) in [5.41, 5.74) is 2.89. The number of aryl methyl sites for hydroxylation is 3. The van der Waals surface area contributed by atoms with E-state index in [1.54, 1.807) is 4.68 Å². The van der Waals surface area contributed by atoms with Crippen molar-refractivity contribution in [3.8, 4) is 5.95 Å². The summed E-state index contributed by atoms with van der Waals surface area (Å²) in [6.07, 6.45) is 0.358. The first-order valence-corrected chi connectivity index (χ1v) is 8.62. The number of rotatable bonds is 2. The molecule has 7 heteroatoms. The third-order valence-electron chi connectivity index (χ3n) is 3.91. The minimum Gasteiger partial charge on any atom is -0.372 e. The Morgan fingerprint density at radius 2 is 1.78 bits per heavy atom. The van der Waals surface area contributed by atoms with Gasteiger partial charge in [0.1, 0.15) is 5.82 Å². The van der Waals surface area contributed by atoms with Crippen LogP contribution in [0.1, 0.15) is 30.9 Å². The summed E-state index contributed by atoms with van der Waals surface area (Å²) in [5, 5.41) is 4.50. The van der Waals surface area contributed by atoms with Crippen LogP contribution >= 0.6 is 15.9 Å². The van der Waals surface area contributed by atoms with Crippen molar-refractivity contribution in [2.45, 2.75) is 46.8 Å². The Morgan fingerprint density at radius 1 is 1.13 bits per heavy atom. The van der Waals surface area contributed by atoms with Gasteiger partial charge >= 0.3 is 0 Å². The highest BCUT2D eigenvalue weighted by atomic mass is 79.9. The van der Waals surface area contributed by atoms with E-state index in [0.29, 0.717) is 5.95 Å². The van der Waals surface area contributed by atoms with Crippen LogP contribution in [-0.4, -0.2) is 45.0 Å². The van der Waals surface area contributed by atoms with E-state index < -0.39 is 0 Å². The molecule has 0 aromatic carbocycles. The van der Waals surface area contributed by atoms with Crippen LogP contribution in [0.15, 0.2) is 10.5 Å². The maximum atomic E-state index is 5.83. The molecule has 6 nitrogen and oxygen atoms in total. The molecule has 23 heavy (non-hydrogen) atoms. The van der Waals surface area contributed by atoms with Crippen LogP contribution in [0, 0.1) is 20.8 Å². The summed E-state index contributed by atoms with van der Waals surface area (Å²) in [6, 6.07) is 2.03. The summed E-state index contributed by atoms with van der Waals surface area (Å²) in [6.45, 7) is 11.8. The molecule has 1 aliphatic heterocycles. The number of hydrogen-bond acceptors (Lipinski definition) is 5. The van der Waals surface area contributed by atoms with E-state index in [9.17, 15) is 0 Å². The minimum absolute atomic E-state index is 0.179. The third-order valence-corrected chi connectivity index (χ3v) is 4.83. The van der Waals surface area contributed by atoms with Crippen molar-refractivity contribution in [1.82, 2.24) is 19.7 Å². The summed E-state index contributed by atoms with van der Waals surface area (Å²) in [5.74, 6) is 1.51. The number of ether oxygens (including phenoxy) is 1. The molecular weight excluding hydrogens is 358 g/mol. The normalized spacial score (nSPS) is 21.7. The van der Waals surface area contributed by atoms with Crippen LogP contribution in [0.4, 0.5) is 5.82 Å². The van der Waals surface area contributed by atoms with Gasteiger partial charge < -0.3 is 9.64 Å². The molecule has 3 rings (SSSR count). The quantitative estimate of drug-likeness (QED) is 0.802. The molecule has 1 aliphatic rings. The van der Waals surface area contributed by atoms with Gasteiger partial charge in [-0.2, -0.15) is 10.1 Å². The zero-order valence-corrected chi connectivity index (χ0v) is 15.8. The SMILES string of the molecule is Cc1cc(C)n(-c2nc(C)c(Br)c(N3C[C@@H](C)O[C@@H](C)C3)n2)n1. The van der Waals surface area contributed by atoms with Gasteiger partial charge in [0.2, 0.25) is 0 Å². The summed E-state index contributed by atoms with van der Waals surface area (Å²) in [4.78, 5) is 11.6. The number of morpholine rings is 1. The van der Waals surface area contributed by atoms with Crippen LogP contribution in [-0.2, 0) is 4.74 Å². The van der Waals surface area contributed by atoms with E-state index in [2.05, 4.69) is 44.8 Å². The summed E-state index contributed by atoms with van der Waals surface area (Å²) < 4.78 is 8.56. The van der Waals surface area contributed by atoms with E-state index in [1.165, 1.54) is 0 Å². The molecule has 0 amide bonds. The molecule has 3 heterocycles. The molecule has 1 saturated heterocycles. The largest absolute Gasteiger partial charge is 0.372 e. The fourth-order valence-corrected chi connectivity index (χ4v) is 3.44. The molecule has 2 aromatic rings. The minimum atomic E-state index is 0.179. The monoisotopic (exact) mass is 379 g/mol. The Hall–Kier alpha value is -1.47. The summed E-state index contributed by atoms with van der Waals surface area (Å²) in [7, 11) is 0. The molecule has 0 aliphatic carbocycles. The zero-order valence-electron chi connectivity index (χ0n) is 14.2. The van der Waals surface area contributed by atoms with Gasteiger partial charge in [-0.05, 0) is 56.6 Å². The number of anilines is 1. The van der Waals surface area contributed by atoms with Crippen molar-refractivity contribution >= 4 is 21.7 Å². The third kappa shape index (κ3) is 3.26. The molecule has 0 radical (unpaired) electrons.